The van der Waals surface area contributed by atoms with Crippen molar-refractivity contribution in [1.29, 1.82) is 0 Å². The largest absolute Gasteiger partial charge is 0.464 e. The molecule has 1 saturated heterocycles. The van der Waals surface area contributed by atoms with Crippen LogP contribution in [0.1, 0.15) is 47.1 Å². The van der Waals surface area contributed by atoms with Gasteiger partial charge < -0.3 is 14.2 Å². The number of hydrogen-bond acceptors (Lipinski definition) is 5. The van der Waals surface area contributed by atoms with E-state index in [4.69, 9.17) is 9.40 Å². The van der Waals surface area contributed by atoms with Crippen molar-refractivity contribution in [3.05, 3.63) is 58.9 Å². The number of likely N-dealkylation sites (tertiary alicyclic amines) is 1. The van der Waals surface area contributed by atoms with Crippen LogP contribution in [0.25, 0.3) is 11.0 Å². The Kier molecular flexibility index (Phi) is 4.59. The maximum absolute atomic E-state index is 13.2. The number of likely N-dealkylation sites (N-methyl/N-ethyl adjacent to an activating group) is 1. The van der Waals surface area contributed by atoms with E-state index in [2.05, 4.69) is 23.0 Å². The van der Waals surface area contributed by atoms with Crippen molar-refractivity contribution in [1.82, 2.24) is 19.8 Å². The molecule has 150 valence electrons. The lowest BCUT2D eigenvalue weighted by molar-refractivity contribution is -0.131. The molecule has 0 N–H and O–H groups in total. The van der Waals surface area contributed by atoms with Gasteiger partial charge in [-0.2, -0.15) is 0 Å². The highest BCUT2D eigenvalue weighted by Gasteiger charge is 2.33. The van der Waals surface area contributed by atoms with Crippen molar-refractivity contribution in [2.45, 2.75) is 45.2 Å². The predicted molar refractivity (Wildman–Crippen MR) is 110 cm³/mol. The summed E-state index contributed by atoms with van der Waals surface area (Å²) in [5, 5.41) is 1.02. The molecule has 0 spiro atoms. The molecule has 1 fully saturated rings. The summed E-state index contributed by atoms with van der Waals surface area (Å²) in [5.74, 6) is 0.920. The fourth-order valence-electron chi connectivity index (χ4n) is 4.56. The monoisotopic (exact) mass is 390 g/mol. The van der Waals surface area contributed by atoms with E-state index in [1.54, 1.807) is 6.26 Å². The van der Waals surface area contributed by atoms with Crippen LogP contribution in [0.15, 0.2) is 35.1 Å². The second kappa shape index (κ2) is 7.26. The molecule has 2 aliphatic rings. The molecule has 29 heavy (non-hydrogen) atoms. The lowest BCUT2D eigenvalue weighted by atomic mass is 10.1. The van der Waals surface area contributed by atoms with Crippen molar-refractivity contribution in [3.8, 4) is 0 Å². The van der Waals surface area contributed by atoms with E-state index in [1.165, 1.54) is 5.56 Å². The first-order chi connectivity index (χ1) is 14.1. The topological polar surface area (TPSA) is 62.5 Å². The first kappa shape index (κ1) is 18.3. The zero-order valence-corrected chi connectivity index (χ0v) is 17.0. The first-order valence-electron chi connectivity index (χ1n) is 10.4. The van der Waals surface area contributed by atoms with Gasteiger partial charge in [-0.3, -0.25) is 4.79 Å². The van der Waals surface area contributed by atoms with Gasteiger partial charge in [0.15, 0.2) is 5.82 Å². The third-order valence-corrected chi connectivity index (χ3v) is 6.17. The molecule has 1 amide bonds. The van der Waals surface area contributed by atoms with Crippen LogP contribution in [0, 0.1) is 6.92 Å². The molecule has 1 atom stereocenters. The lowest BCUT2D eigenvalue weighted by Gasteiger charge is -2.27. The van der Waals surface area contributed by atoms with Crippen LogP contribution in [0.2, 0.25) is 0 Å². The number of carbonyl (C=O) groups excluding carboxylic acids is 1. The second-order valence-corrected chi connectivity index (χ2v) is 8.37. The highest BCUT2D eigenvalue weighted by Crippen LogP contribution is 2.32. The molecular weight excluding hydrogens is 364 g/mol. The predicted octanol–water partition coefficient (Wildman–Crippen LogP) is 3.43. The summed E-state index contributed by atoms with van der Waals surface area (Å²) in [6, 6.07) is 6.10. The van der Waals surface area contributed by atoms with Gasteiger partial charge >= 0.3 is 0 Å². The minimum atomic E-state index is -0.0205. The standard InChI is InChI=1S/C23H26N4O2/c1-15-5-6-18-16(14-29-21(18)10-15)11-22(28)27-8-3-4-20(27)23-24-12-17-13-26(2)9-7-19(17)25-23/h5-6,10,12,14,20H,3-4,7-9,11,13H2,1-2H3/t20-/m1/s1. The van der Waals surface area contributed by atoms with Crippen molar-refractivity contribution < 1.29 is 9.21 Å². The van der Waals surface area contributed by atoms with E-state index >= 15 is 0 Å². The number of nitrogens with zero attached hydrogens (tertiary/aromatic N) is 4. The van der Waals surface area contributed by atoms with Crippen molar-refractivity contribution in [3.63, 3.8) is 0 Å². The maximum atomic E-state index is 13.2. The van der Waals surface area contributed by atoms with E-state index in [1.807, 2.05) is 30.2 Å². The Bertz CT molecular complexity index is 1070. The zero-order chi connectivity index (χ0) is 20.0. The Morgan fingerprint density at radius 1 is 1.31 bits per heavy atom. The molecular formula is C23H26N4O2. The normalized spacial score (nSPS) is 19.7. The number of aromatic nitrogens is 2. The molecule has 0 unspecified atom stereocenters. The van der Waals surface area contributed by atoms with Gasteiger partial charge in [0.1, 0.15) is 5.58 Å². The molecule has 5 rings (SSSR count). The molecule has 4 heterocycles. The molecule has 1 aromatic carbocycles. The fraction of sp³-hybridized carbons (Fsp3) is 0.435. The number of carbonyl (C=O) groups is 1. The molecule has 0 saturated carbocycles. The van der Waals surface area contributed by atoms with Crippen molar-refractivity contribution >= 4 is 16.9 Å². The van der Waals surface area contributed by atoms with E-state index < -0.39 is 0 Å². The number of furan rings is 1. The van der Waals surface area contributed by atoms with E-state index in [0.717, 1.165) is 72.5 Å². The lowest BCUT2D eigenvalue weighted by Crippen LogP contribution is -2.33. The molecule has 0 radical (unpaired) electrons. The zero-order valence-electron chi connectivity index (χ0n) is 17.0. The minimum absolute atomic E-state index is 0.0205. The van der Waals surface area contributed by atoms with Gasteiger partial charge in [0.05, 0.1) is 18.7 Å². The molecule has 3 aromatic rings. The Balaban J connectivity index is 1.37. The van der Waals surface area contributed by atoms with E-state index in [0.29, 0.717) is 6.42 Å². The number of rotatable bonds is 3. The third-order valence-electron chi connectivity index (χ3n) is 6.17. The van der Waals surface area contributed by atoms with Gasteiger partial charge in [0.25, 0.3) is 0 Å². The molecule has 2 aromatic heterocycles. The Morgan fingerprint density at radius 3 is 3.10 bits per heavy atom. The summed E-state index contributed by atoms with van der Waals surface area (Å²) in [7, 11) is 2.12. The maximum Gasteiger partial charge on any atom is 0.227 e. The van der Waals surface area contributed by atoms with E-state index in [9.17, 15) is 4.79 Å². The number of amides is 1. The fourth-order valence-corrected chi connectivity index (χ4v) is 4.56. The molecule has 6 heteroatoms. The molecule has 0 bridgehead atoms. The van der Waals surface area contributed by atoms with Crippen molar-refractivity contribution in [2.75, 3.05) is 20.1 Å². The van der Waals surface area contributed by atoms with Gasteiger partial charge in [0.2, 0.25) is 5.91 Å². The van der Waals surface area contributed by atoms with Gasteiger partial charge in [-0.1, -0.05) is 12.1 Å². The summed E-state index contributed by atoms with van der Waals surface area (Å²) < 4.78 is 5.68. The summed E-state index contributed by atoms with van der Waals surface area (Å²) in [5.41, 5.74) is 5.29. The number of aryl methyl sites for hydroxylation is 1. The van der Waals surface area contributed by atoms with Gasteiger partial charge in [-0.25, -0.2) is 9.97 Å². The number of fused-ring (bicyclic) bond motifs is 2. The Morgan fingerprint density at radius 2 is 2.21 bits per heavy atom. The first-order valence-corrected chi connectivity index (χ1v) is 10.4. The van der Waals surface area contributed by atoms with Gasteiger partial charge in [0, 0.05) is 54.5 Å². The average Bonchev–Trinajstić information content (AvgIpc) is 3.35. The Labute approximate surface area is 170 Å². The van der Waals surface area contributed by atoms with E-state index in [-0.39, 0.29) is 11.9 Å². The van der Waals surface area contributed by atoms with Crippen LogP contribution in [0.4, 0.5) is 0 Å². The second-order valence-electron chi connectivity index (χ2n) is 8.37. The highest BCUT2D eigenvalue weighted by atomic mass is 16.3. The SMILES string of the molecule is Cc1ccc2c(CC(=O)N3CCC[C@@H]3c3ncc4c(n3)CCN(C)C4)coc2c1. The smallest absolute Gasteiger partial charge is 0.227 e. The number of hydrogen-bond donors (Lipinski definition) is 0. The van der Waals surface area contributed by atoms with Crippen LogP contribution < -0.4 is 0 Å². The van der Waals surface area contributed by atoms with Crippen LogP contribution in [-0.2, 0) is 24.2 Å². The average molecular weight is 390 g/mol. The molecule has 0 aliphatic carbocycles. The highest BCUT2D eigenvalue weighted by molar-refractivity contribution is 5.88. The molecule has 2 aliphatic heterocycles. The summed E-state index contributed by atoms with van der Waals surface area (Å²) in [4.78, 5) is 26.9. The van der Waals surface area contributed by atoms with Crippen LogP contribution in [0.5, 0.6) is 0 Å². The third kappa shape index (κ3) is 3.42. The number of benzene rings is 1. The van der Waals surface area contributed by atoms with Gasteiger partial charge in [-0.15, -0.1) is 0 Å². The summed E-state index contributed by atoms with van der Waals surface area (Å²) in [6.45, 7) is 4.72. The quantitative estimate of drug-likeness (QED) is 0.686. The van der Waals surface area contributed by atoms with Crippen LogP contribution in [0.3, 0.4) is 0 Å². The van der Waals surface area contributed by atoms with Gasteiger partial charge in [-0.05, 0) is 38.4 Å². The van der Waals surface area contributed by atoms with Crippen LogP contribution in [-0.4, -0.2) is 45.8 Å². The summed E-state index contributed by atoms with van der Waals surface area (Å²) in [6.07, 6.45) is 6.89. The molecule has 6 nitrogen and oxygen atoms in total. The van der Waals surface area contributed by atoms with Crippen LogP contribution >= 0.6 is 0 Å². The van der Waals surface area contributed by atoms with Crippen molar-refractivity contribution in [2.24, 2.45) is 0 Å². The Hall–Kier alpha value is -2.73. The minimum Gasteiger partial charge on any atom is -0.464 e. The summed E-state index contributed by atoms with van der Waals surface area (Å²) >= 11 is 0.